The van der Waals surface area contributed by atoms with Crippen LogP contribution in [0.25, 0.3) is 5.82 Å². The molecule has 94 valence electrons. The van der Waals surface area contributed by atoms with Crippen molar-refractivity contribution in [2.24, 2.45) is 0 Å². The summed E-state index contributed by atoms with van der Waals surface area (Å²) in [4.78, 5) is 18.9. The minimum atomic E-state index is -3.04. The highest BCUT2D eigenvalue weighted by Gasteiger charge is 2.15. The normalized spacial score (nSPS) is 10.7. The van der Waals surface area contributed by atoms with E-state index in [0.717, 1.165) is 5.82 Å². The van der Waals surface area contributed by atoms with Crippen LogP contribution >= 0.6 is 0 Å². The number of hydrogen-bond acceptors (Lipinski definition) is 3. The number of hydrogen-bond donors (Lipinski definition) is 1. The number of nitrogens with zero attached hydrogens (tertiary/aromatic N) is 3. The number of halogens is 2. The van der Waals surface area contributed by atoms with Gasteiger partial charge in [-0.25, -0.2) is 9.97 Å². The van der Waals surface area contributed by atoms with Gasteiger partial charge in [0.2, 0.25) is 0 Å². The first-order chi connectivity index (χ1) is 8.58. The van der Waals surface area contributed by atoms with E-state index in [-0.39, 0.29) is 5.69 Å². The minimum absolute atomic E-state index is 0.224. The van der Waals surface area contributed by atoms with Gasteiger partial charge in [-0.2, -0.15) is 8.78 Å². The number of pyridine rings is 1. The lowest BCUT2D eigenvalue weighted by Crippen LogP contribution is -2.20. The van der Waals surface area contributed by atoms with E-state index in [4.69, 9.17) is 0 Å². The molecule has 1 N–H and O–H groups in total. The molecule has 0 aromatic carbocycles. The van der Waals surface area contributed by atoms with E-state index in [1.54, 1.807) is 23.0 Å². The van der Waals surface area contributed by atoms with Gasteiger partial charge >= 0.3 is 6.43 Å². The Morgan fingerprint density at radius 2 is 2.17 bits per heavy atom. The minimum Gasteiger partial charge on any atom is -0.320 e. The van der Waals surface area contributed by atoms with Gasteiger partial charge < -0.3 is 5.32 Å². The van der Waals surface area contributed by atoms with Crippen LogP contribution in [0.2, 0.25) is 0 Å². The largest absolute Gasteiger partial charge is 0.320 e. The second kappa shape index (κ2) is 4.91. The Labute approximate surface area is 101 Å². The summed E-state index contributed by atoms with van der Waals surface area (Å²) < 4.78 is 25.8. The number of rotatable bonds is 3. The van der Waals surface area contributed by atoms with Crippen molar-refractivity contribution in [2.45, 2.75) is 13.3 Å². The monoisotopic (exact) mass is 252 g/mol. The molecular weight excluding hydrogens is 242 g/mol. The standard InChI is InChI=1S/C11H10F2N4O/c1-7-14-4-5-17(7)9-3-2-8(6-15-9)16-11(18)10(12)13/h2-6,10H,1H3,(H,16,18). The van der Waals surface area contributed by atoms with Crippen LogP contribution in [0.15, 0.2) is 30.7 Å². The summed E-state index contributed by atoms with van der Waals surface area (Å²) in [6, 6.07) is 3.11. The summed E-state index contributed by atoms with van der Waals surface area (Å²) >= 11 is 0. The quantitative estimate of drug-likeness (QED) is 0.905. The van der Waals surface area contributed by atoms with E-state index in [1.165, 1.54) is 12.3 Å². The molecule has 0 radical (unpaired) electrons. The van der Waals surface area contributed by atoms with Crippen LogP contribution in [0, 0.1) is 6.92 Å². The fourth-order valence-corrected chi connectivity index (χ4v) is 1.42. The molecule has 0 unspecified atom stereocenters. The molecule has 0 bridgehead atoms. The average molecular weight is 252 g/mol. The predicted molar refractivity (Wildman–Crippen MR) is 60.7 cm³/mol. The first-order valence-corrected chi connectivity index (χ1v) is 5.13. The maximum Gasteiger partial charge on any atom is 0.315 e. The molecule has 0 aliphatic carbocycles. The molecule has 0 aliphatic heterocycles. The second-order valence-corrected chi connectivity index (χ2v) is 3.54. The van der Waals surface area contributed by atoms with Gasteiger partial charge in [0.05, 0.1) is 11.9 Å². The number of nitrogens with one attached hydrogen (secondary N) is 1. The molecule has 7 heteroatoms. The van der Waals surface area contributed by atoms with Crippen molar-refractivity contribution >= 4 is 11.6 Å². The van der Waals surface area contributed by atoms with Crippen LogP contribution in [-0.4, -0.2) is 26.9 Å². The van der Waals surface area contributed by atoms with E-state index < -0.39 is 12.3 Å². The Morgan fingerprint density at radius 3 is 2.67 bits per heavy atom. The van der Waals surface area contributed by atoms with Crippen LogP contribution in [-0.2, 0) is 4.79 Å². The zero-order chi connectivity index (χ0) is 13.1. The van der Waals surface area contributed by atoms with E-state index in [1.807, 2.05) is 6.92 Å². The molecular formula is C11H10F2N4O. The molecule has 0 saturated heterocycles. The van der Waals surface area contributed by atoms with Crippen LogP contribution in [0.3, 0.4) is 0 Å². The highest BCUT2D eigenvalue weighted by molar-refractivity contribution is 5.92. The van der Waals surface area contributed by atoms with E-state index in [2.05, 4.69) is 15.3 Å². The van der Waals surface area contributed by atoms with Crippen molar-refractivity contribution < 1.29 is 13.6 Å². The Bertz CT molecular complexity index is 550. The molecule has 2 heterocycles. The maximum absolute atomic E-state index is 12.0. The average Bonchev–Trinajstić information content (AvgIpc) is 2.76. The van der Waals surface area contributed by atoms with Crippen molar-refractivity contribution in [2.75, 3.05) is 5.32 Å². The van der Waals surface area contributed by atoms with Crippen molar-refractivity contribution in [1.29, 1.82) is 0 Å². The van der Waals surface area contributed by atoms with Crippen molar-refractivity contribution in [3.8, 4) is 5.82 Å². The number of imidazole rings is 1. The lowest BCUT2D eigenvalue weighted by atomic mass is 10.4. The van der Waals surface area contributed by atoms with Crippen molar-refractivity contribution in [3.63, 3.8) is 0 Å². The summed E-state index contributed by atoms with van der Waals surface area (Å²) in [7, 11) is 0. The number of carbonyl (C=O) groups is 1. The predicted octanol–water partition coefficient (Wildman–Crippen LogP) is 1.78. The molecule has 0 spiro atoms. The molecule has 2 aromatic heterocycles. The molecule has 5 nitrogen and oxygen atoms in total. The number of carbonyl (C=O) groups excluding carboxylic acids is 1. The van der Waals surface area contributed by atoms with Gasteiger partial charge in [-0.05, 0) is 19.1 Å². The molecule has 18 heavy (non-hydrogen) atoms. The molecule has 2 aromatic rings. The fraction of sp³-hybridized carbons (Fsp3) is 0.182. The lowest BCUT2D eigenvalue weighted by molar-refractivity contribution is -0.126. The zero-order valence-corrected chi connectivity index (χ0v) is 9.47. The summed E-state index contributed by atoms with van der Waals surface area (Å²) in [6.07, 6.45) is 1.63. The highest BCUT2D eigenvalue weighted by Crippen LogP contribution is 2.12. The summed E-state index contributed by atoms with van der Waals surface area (Å²) in [5.74, 6) is 0.00951. The maximum atomic E-state index is 12.0. The Hall–Kier alpha value is -2.31. The van der Waals surface area contributed by atoms with Gasteiger partial charge in [-0.15, -0.1) is 0 Å². The van der Waals surface area contributed by atoms with Gasteiger partial charge in [0.25, 0.3) is 5.91 Å². The third-order valence-electron chi connectivity index (χ3n) is 2.29. The van der Waals surface area contributed by atoms with Gasteiger partial charge in [-0.3, -0.25) is 9.36 Å². The molecule has 1 amide bonds. The Balaban J connectivity index is 2.16. The number of anilines is 1. The third-order valence-corrected chi connectivity index (χ3v) is 2.29. The molecule has 0 aliphatic rings. The highest BCUT2D eigenvalue weighted by atomic mass is 19.3. The van der Waals surface area contributed by atoms with E-state index >= 15 is 0 Å². The van der Waals surface area contributed by atoms with Crippen LogP contribution < -0.4 is 5.32 Å². The summed E-state index contributed by atoms with van der Waals surface area (Å²) in [5, 5.41) is 2.05. The summed E-state index contributed by atoms with van der Waals surface area (Å²) in [5.41, 5.74) is 0.224. The first kappa shape index (κ1) is 12.2. The van der Waals surface area contributed by atoms with Crippen LogP contribution in [0.4, 0.5) is 14.5 Å². The van der Waals surface area contributed by atoms with Gasteiger partial charge in [-0.1, -0.05) is 0 Å². The first-order valence-electron chi connectivity index (χ1n) is 5.13. The number of alkyl halides is 2. The number of aryl methyl sites for hydroxylation is 1. The SMILES string of the molecule is Cc1nccn1-c1ccc(NC(=O)C(F)F)cn1. The topological polar surface area (TPSA) is 59.8 Å². The van der Waals surface area contributed by atoms with Crippen molar-refractivity contribution in [3.05, 3.63) is 36.5 Å². The fourth-order valence-electron chi connectivity index (χ4n) is 1.42. The van der Waals surface area contributed by atoms with E-state index in [9.17, 15) is 13.6 Å². The molecule has 0 atom stereocenters. The van der Waals surface area contributed by atoms with Gasteiger partial charge in [0, 0.05) is 12.4 Å². The summed E-state index contributed by atoms with van der Waals surface area (Å²) in [6.45, 7) is 1.81. The molecule has 0 fully saturated rings. The van der Waals surface area contributed by atoms with E-state index in [0.29, 0.717) is 5.82 Å². The lowest BCUT2D eigenvalue weighted by Gasteiger charge is -2.06. The smallest absolute Gasteiger partial charge is 0.315 e. The van der Waals surface area contributed by atoms with Gasteiger partial charge in [0.1, 0.15) is 11.6 Å². The number of amides is 1. The molecule has 2 rings (SSSR count). The van der Waals surface area contributed by atoms with Crippen LogP contribution in [0.5, 0.6) is 0 Å². The Morgan fingerprint density at radius 1 is 1.39 bits per heavy atom. The number of aromatic nitrogens is 3. The zero-order valence-electron chi connectivity index (χ0n) is 9.47. The van der Waals surface area contributed by atoms with Crippen molar-refractivity contribution in [1.82, 2.24) is 14.5 Å². The van der Waals surface area contributed by atoms with Gasteiger partial charge in [0.15, 0.2) is 0 Å². The molecule has 0 saturated carbocycles. The Kier molecular flexibility index (Phi) is 3.31. The third kappa shape index (κ3) is 2.50. The van der Waals surface area contributed by atoms with Crippen LogP contribution in [0.1, 0.15) is 5.82 Å². The second-order valence-electron chi connectivity index (χ2n) is 3.54.